The van der Waals surface area contributed by atoms with Gasteiger partial charge >= 0.3 is 0 Å². The van der Waals surface area contributed by atoms with Crippen molar-refractivity contribution in [2.24, 2.45) is 0 Å². The van der Waals surface area contributed by atoms with Crippen molar-refractivity contribution in [3.63, 3.8) is 0 Å². The molecule has 0 aliphatic heterocycles. The average molecular weight is 358 g/mol. The number of halogens is 2. The van der Waals surface area contributed by atoms with Gasteiger partial charge in [0.1, 0.15) is 6.07 Å². The van der Waals surface area contributed by atoms with Crippen LogP contribution in [0.1, 0.15) is 11.1 Å². The highest BCUT2D eigenvalue weighted by Crippen LogP contribution is 2.25. The molecule has 1 aromatic carbocycles. The van der Waals surface area contributed by atoms with Crippen LogP contribution in [0.4, 0.5) is 5.82 Å². The lowest BCUT2D eigenvalue weighted by Crippen LogP contribution is -2.16. The molecule has 0 unspecified atom stereocenters. The SMILES string of the molecule is N#Cc1ccc(CS(=O)(=O)Nc2ncc(Cl)cc2O)cc1Cl. The zero-order valence-electron chi connectivity index (χ0n) is 10.9. The summed E-state index contributed by atoms with van der Waals surface area (Å²) in [5.41, 5.74) is 0.651. The molecule has 0 aliphatic rings. The maximum Gasteiger partial charge on any atom is 0.238 e. The van der Waals surface area contributed by atoms with E-state index in [1.165, 1.54) is 30.5 Å². The van der Waals surface area contributed by atoms with E-state index in [9.17, 15) is 13.5 Å². The molecule has 2 N–H and O–H groups in total. The van der Waals surface area contributed by atoms with Gasteiger partial charge in [-0.1, -0.05) is 29.3 Å². The molecule has 1 heterocycles. The minimum atomic E-state index is -3.82. The number of hydrogen-bond acceptors (Lipinski definition) is 5. The summed E-state index contributed by atoms with van der Waals surface area (Å²) in [6.07, 6.45) is 1.21. The average Bonchev–Trinajstić information content (AvgIpc) is 2.42. The number of benzene rings is 1. The lowest BCUT2D eigenvalue weighted by atomic mass is 10.2. The molecule has 0 radical (unpaired) electrons. The summed E-state index contributed by atoms with van der Waals surface area (Å²) >= 11 is 11.5. The summed E-state index contributed by atoms with van der Waals surface area (Å²) in [5.74, 6) is -0.986. The van der Waals surface area contributed by atoms with E-state index >= 15 is 0 Å². The highest BCUT2D eigenvalue weighted by molar-refractivity contribution is 7.91. The van der Waals surface area contributed by atoms with E-state index in [2.05, 4.69) is 9.71 Å². The van der Waals surface area contributed by atoms with Gasteiger partial charge in [-0.05, 0) is 17.7 Å². The molecule has 0 aliphatic carbocycles. The highest BCUT2D eigenvalue weighted by atomic mass is 35.5. The van der Waals surface area contributed by atoms with Crippen LogP contribution in [-0.4, -0.2) is 18.5 Å². The van der Waals surface area contributed by atoms with Crippen molar-refractivity contribution in [1.29, 1.82) is 5.26 Å². The van der Waals surface area contributed by atoms with Gasteiger partial charge in [0.2, 0.25) is 10.0 Å². The van der Waals surface area contributed by atoms with Crippen molar-refractivity contribution in [3.8, 4) is 11.8 Å². The smallest absolute Gasteiger partial charge is 0.238 e. The quantitative estimate of drug-likeness (QED) is 0.875. The third-order valence-corrected chi connectivity index (χ3v) is 4.33. The van der Waals surface area contributed by atoms with Crippen LogP contribution in [0, 0.1) is 11.3 Å². The van der Waals surface area contributed by atoms with Crippen LogP contribution >= 0.6 is 23.2 Å². The molecule has 0 amide bonds. The van der Waals surface area contributed by atoms with Gasteiger partial charge in [-0.3, -0.25) is 4.72 Å². The molecule has 0 atom stereocenters. The normalized spacial score (nSPS) is 11.0. The number of pyridine rings is 1. The van der Waals surface area contributed by atoms with Crippen LogP contribution in [-0.2, 0) is 15.8 Å². The summed E-state index contributed by atoms with van der Waals surface area (Å²) < 4.78 is 26.3. The first kappa shape index (κ1) is 16.4. The van der Waals surface area contributed by atoms with Gasteiger partial charge in [0.05, 0.1) is 21.4 Å². The van der Waals surface area contributed by atoms with E-state index < -0.39 is 10.0 Å². The Labute approximate surface area is 137 Å². The number of aromatic nitrogens is 1. The van der Waals surface area contributed by atoms with Crippen LogP contribution in [0.15, 0.2) is 30.5 Å². The molecule has 0 spiro atoms. The van der Waals surface area contributed by atoms with Crippen LogP contribution in [0.2, 0.25) is 10.0 Å². The molecular weight excluding hydrogens is 349 g/mol. The first-order valence-corrected chi connectivity index (χ1v) is 8.25. The second-order valence-corrected chi connectivity index (χ2v) is 6.87. The van der Waals surface area contributed by atoms with Crippen molar-refractivity contribution in [3.05, 3.63) is 51.6 Å². The van der Waals surface area contributed by atoms with Crippen molar-refractivity contribution in [1.82, 2.24) is 4.98 Å². The Morgan fingerprint density at radius 2 is 2.05 bits per heavy atom. The van der Waals surface area contributed by atoms with E-state index in [0.717, 1.165) is 0 Å². The predicted molar refractivity (Wildman–Crippen MR) is 83.3 cm³/mol. The number of anilines is 1. The van der Waals surface area contributed by atoms with Crippen molar-refractivity contribution < 1.29 is 13.5 Å². The molecule has 114 valence electrons. The second-order valence-electron chi connectivity index (χ2n) is 4.31. The lowest BCUT2D eigenvalue weighted by molar-refractivity contribution is 0.475. The predicted octanol–water partition coefficient (Wildman–Crippen LogP) is 2.91. The molecule has 6 nitrogen and oxygen atoms in total. The fraction of sp³-hybridized carbons (Fsp3) is 0.0769. The molecule has 1 aromatic heterocycles. The third-order valence-electron chi connectivity index (χ3n) is 2.60. The van der Waals surface area contributed by atoms with Gasteiger partial charge in [0.25, 0.3) is 0 Å². The largest absolute Gasteiger partial charge is 0.504 e. The second kappa shape index (κ2) is 6.40. The maximum absolute atomic E-state index is 12.1. The molecule has 2 aromatic rings. The lowest BCUT2D eigenvalue weighted by Gasteiger charge is -2.09. The summed E-state index contributed by atoms with van der Waals surface area (Å²) in [7, 11) is -3.82. The third kappa shape index (κ3) is 4.01. The molecular formula is C13H9Cl2N3O3S. The van der Waals surface area contributed by atoms with Gasteiger partial charge in [0, 0.05) is 12.3 Å². The first-order chi connectivity index (χ1) is 10.3. The van der Waals surface area contributed by atoms with Gasteiger partial charge in [0.15, 0.2) is 11.6 Å². The number of nitriles is 1. The summed E-state index contributed by atoms with van der Waals surface area (Å²) in [6.45, 7) is 0. The topological polar surface area (TPSA) is 103 Å². The van der Waals surface area contributed by atoms with Crippen LogP contribution in [0.5, 0.6) is 5.75 Å². The number of hydrogen-bond donors (Lipinski definition) is 2. The van der Waals surface area contributed by atoms with Crippen LogP contribution in [0.3, 0.4) is 0 Å². The molecule has 0 saturated carbocycles. The van der Waals surface area contributed by atoms with E-state index in [0.29, 0.717) is 5.56 Å². The fourth-order valence-electron chi connectivity index (χ4n) is 1.65. The van der Waals surface area contributed by atoms with Gasteiger partial charge in [-0.25, -0.2) is 13.4 Å². The molecule has 0 fully saturated rings. The number of sulfonamides is 1. The van der Waals surface area contributed by atoms with Crippen LogP contribution < -0.4 is 4.72 Å². The van der Waals surface area contributed by atoms with E-state index in [4.69, 9.17) is 28.5 Å². The van der Waals surface area contributed by atoms with Gasteiger partial charge in [-0.15, -0.1) is 0 Å². The van der Waals surface area contributed by atoms with Crippen molar-refractivity contribution >= 4 is 39.0 Å². The monoisotopic (exact) mass is 357 g/mol. The highest BCUT2D eigenvalue weighted by Gasteiger charge is 2.16. The molecule has 2 rings (SSSR count). The standard InChI is InChI=1S/C13H9Cl2N3O3S/c14-10-4-12(19)13(17-6-10)18-22(20,21)7-8-1-2-9(5-16)11(15)3-8/h1-4,6,19H,7H2,(H,17,18). The Morgan fingerprint density at radius 1 is 1.32 bits per heavy atom. The molecule has 0 bridgehead atoms. The van der Waals surface area contributed by atoms with Crippen LogP contribution in [0.25, 0.3) is 0 Å². The number of aromatic hydroxyl groups is 1. The number of nitrogens with zero attached hydrogens (tertiary/aromatic N) is 2. The van der Waals surface area contributed by atoms with E-state index in [-0.39, 0.29) is 32.9 Å². The Balaban J connectivity index is 2.21. The maximum atomic E-state index is 12.1. The number of rotatable bonds is 4. The molecule has 0 saturated heterocycles. The zero-order chi connectivity index (χ0) is 16.3. The zero-order valence-corrected chi connectivity index (χ0v) is 13.2. The summed E-state index contributed by atoms with van der Waals surface area (Å²) in [6, 6.07) is 7.37. The van der Waals surface area contributed by atoms with Gasteiger partial charge < -0.3 is 5.11 Å². The van der Waals surface area contributed by atoms with Gasteiger partial charge in [-0.2, -0.15) is 5.26 Å². The molecule has 9 heteroatoms. The van der Waals surface area contributed by atoms with Crippen molar-refractivity contribution in [2.45, 2.75) is 5.75 Å². The fourth-order valence-corrected chi connectivity index (χ4v) is 3.19. The number of nitrogens with one attached hydrogen (secondary N) is 1. The summed E-state index contributed by atoms with van der Waals surface area (Å²) in [4.78, 5) is 3.71. The Kier molecular flexibility index (Phi) is 4.76. The minimum absolute atomic E-state index is 0.169. The first-order valence-electron chi connectivity index (χ1n) is 5.84. The van der Waals surface area contributed by atoms with E-state index in [1.54, 1.807) is 0 Å². The minimum Gasteiger partial charge on any atom is -0.504 e. The van der Waals surface area contributed by atoms with E-state index in [1.807, 2.05) is 6.07 Å². The Morgan fingerprint density at radius 3 is 2.64 bits per heavy atom. The van der Waals surface area contributed by atoms with Crippen molar-refractivity contribution in [2.75, 3.05) is 4.72 Å². The summed E-state index contributed by atoms with van der Waals surface area (Å²) in [5, 5.41) is 18.7. The Hall–Kier alpha value is -2.01. The molecule has 22 heavy (non-hydrogen) atoms. The Bertz CT molecular complexity index is 863.